The smallest absolute Gasteiger partial charge is 0.127 e. The lowest BCUT2D eigenvalue weighted by molar-refractivity contribution is 0.176. The van der Waals surface area contributed by atoms with Gasteiger partial charge in [-0.2, -0.15) is 0 Å². The molecule has 170 valence electrons. The fourth-order valence-electron chi connectivity index (χ4n) is 4.68. The maximum atomic E-state index is 2.50. The lowest BCUT2D eigenvalue weighted by atomic mass is 10.0. The first-order valence-corrected chi connectivity index (χ1v) is 13.0. The topological polar surface area (TPSA) is 6.48 Å². The second-order valence-corrected chi connectivity index (χ2v) is 9.29. The molecule has 0 saturated carbocycles. The predicted molar refractivity (Wildman–Crippen MR) is 132 cm³/mol. The molecule has 2 heteroatoms. The molecule has 1 aliphatic heterocycles. The van der Waals surface area contributed by atoms with Crippen LogP contribution in [0.1, 0.15) is 121 Å². The Morgan fingerprint density at radius 2 is 1.07 bits per heavy atom. The first-order chi connectivity index (χ1) is 14.8. The van der Waals surface area contributed by atoms with Gasteiger partial charge in [0.05, 0.1) is 0 Å². The zero-order valence-electron chi connectivity index (χ0n) is 20.0. The van der Waals surface area contributed by atoms with Crippen LogP contribution in [-0.4, -0.2) is 23.4 Å². The van der Waals surface area contributed by atoms with Crippen molar-refractivity contribution in [3.05, 3.63) is 48.3 Å². The van der Waals surface area contributed by atoms with Crippen LogP contribution in [0.4, 0.5) is 0 Å². The van der Waals surface area contributed by atoms with E-state index < -0.39 is 0 Å². The molecular formula is C28H48N2. The zero-order valence-corrected chi connectivity index (χ0v) is 20.0. The second kappa shape index (κ2) is 16.3. The highest BCUT2D eigenvalue weighted by Gasteiger charge is 2.24. The van der Waals surface area contributed by atoms with Crippen molar-refractivity contribution >= 4 is 0 Å². The van der Waals surface area contributed by atoms with E-state index in [1.165, 1.54) is 115 Å². The van der Waals surface area contributed by atoms with Crippen molar-refractivity contribution in [2.24, 2.45) is 0 Å². The minimum absolute atomic E-state index is 0.377. The standard InChI is InChI=1S/C28H48N2/c1-3-4-5-6-7-8-9-10-11-12-13-14-15-16-17-21-24-30-26-25-29(2)28(30)27-22-19-18-20-23-27/h18-20,22-23,25-26,28H,3-17,21,24H2,1-2H3. The van der Waals surface area contributed by atoms with Crippen LogP contribution in [0.25, 0.3) is 0 Å². The summed E-state index contributed by atoms with van der Waals surface area (Å²) in [7, 11) is 2.18. The molecule has 0 fully saturated rings. The summed E-state index contributed by atoms with van der Waals surface area (Å²) in [6.45, 7) is 3.46. The summed E-state index contributed by atoms with van der Waals surface area (Å²) >= 11 is 0. The highest BCUT2D eigenvalue weighted by atomic mass is 15.4. The Bertz CT molecular complexity index is 539. The van der Waals surface area contributed by atoms with E-state index in [2.05, 4.69) is 66.5 Å². The van der Waals surface area contributed by atoms with E-state index in [-0.39, 0.29) is 0 Å². The van der Waals surface area contributed by atoms with Gasteiger partial charge < -0.3 is 9.80 Å². The van der Waals surface area contributed by atoms with E-state index in [4.69, 9.17) is 0 Å². The monoisotopic (exact) mass is 412 g/mol. The molecule has 0 saturated heterocycles. The largest absolute Gasteiger partial charge is 0.355 e. The quantitative estimate of drug-likeness (QED) is 0.222. The highest BCUT2D eigenvalue weighted by Crippen LogP contribution is 2.29. The number of hydrogen-bond acceptors (Lipinski definition) is 2. The third-order valence-electron chi connectivity index (χ3n) is 6.56. The van der Waals surface area contributed by atoms with Crippen LogP contribution in [0.2, 0.25) is 0 Å². The number of benzene rings is 1. The average Bonchev–Trinajstić information content (AvgIpc) is 3.14. The van der Waals surface area contributed by atoms with Crippen molar-refractivity contribution in [1.29, 1.82) is 0 Å². The number of nitrogens with zero attached hydrogens (tertiary/aromatic N) is 2. The van der Waals surface area contributed by atoms with Crippen LogP contribution >= 0.6 is 0 Å². The Morgan fingerprint density at radius 3 is 1.57 bits per heavy atom. The Hall–Kier alpha value is -1.44. The van der Waals surface area contributed by atoms with Gasteiger partial charge >= 0.3 is 0 Å². The van der Waals surface area contributed by atoms with Crippen LogP contribution in [0.5, 0.6) is 0 Å². The molecule has 0 aromatic heterocycles. The van der Waals surface area contributed by atoms with Gasteiger partial charge in [-0.3, -0.25) is 0 Å². The summed E-state index contributed by atoms with van der Waals surface area (Å²) in [5, 5.41) is 0. The van der Waals surface area contributed by atoms with Crippen molar-refractivity contribution < 1.29 is 0 Å². The maximum Gasteiger partial charge on any atom is 0.127 e. The van der Waals surface area contributed by atoms with Crippen molar-refractivity contribution in [2.75, 3.05) is 13.6 Å². The van der Waals surface area contributed by atoms with Gasteiger partial charge in [-0.05, 0) is 12.0 Å². The van der Waals surface area contributed by atoms with Gasteiger partial charge in [-0.25, -0.2) is 0 Å². The minimum Gasteiger partial charge on any atom is -0.355 e. The molecule has 1 aromatic rings. The number of unbranched alkanes of at least 4 members (excludes halogenated alkanes) is 15. The molecule has 1 atom stereocenters. The van der Waals surface area contributed by atoms with Gasteiger partial charge in [0, 0.05) is 26.0 Å². The van der Waals surface area contributed by atoms with Gasteiger partial charge in [0.25, 0.3) is 0 Å². The summed E-state index contributed by atoms with van der Waals surface area (Å²) in [6, 6.07) is 10.9. The molecule has 30 heavy (non-hydrogen) atoms. The van der Waals surface area contributed by atoms with Gasteiger partial charge in [0.1, 0.15) is 6.17 Å². The van der Waals surface area contributed by atoms with E-state index in [0.717, 1.165) is 0 Å². The van der Waals surface area contributed by atoms with Gasteiger partial charge in [0.2, 0.25) is 0 Å². The van der Waals surface area contributed by atoms with Crippen molar-refractivity contribution in [1.82, 2.24) is 9.80 Å². The van der Waals surface area contributed by atoms with E-state index in [9.17, 15) is 0 Å². The fraction of sp³-hybridized carbons (Fsp3) is 0.714. The Balaban J connectivity index is 1.39. The molecule has 1 unspecified atom stereocenters. The molecule has 0 radical (unpaired) electrons. The van der Waals surface area contributed by atoms with Gasteiger partial charge in [-0.1, -0.05) is 134 Å². The molecular weight excluding hydrogens is 364 g/mol. The molecule has 2 nitrogen and oxygen atoms in total. The number of hydrogen-bond donors (Lipinski definition) is 0. The summed E-state index contributed by atoms with van der Waals surface area (Å²) in [4.78, 5) is 4.82. The molecule has 1 aliphatic rings. The third-order valence-corrected chi connectivity index (χ3v) is 6.56. The van der Waals surface area contributed by atoms with Crippen molar-refractivity contribution in [2.45, 2.75) is 116 Å². The SMILES string of the molecule is CCCCCCCCCCCCCCCCCCN1C=CN(C)C1c1ccccc1. The Labute approximate surface area is 187 Å². The minimum atomic E-state index is 0.377. The van der Waals surface area contributed by atoms with E-state index in [0.29, 0.717) is 6.17 Å². The summed E-state index contributed by atoms with van der Waals surface area (Å²) in [5.41, 5.74) is 1.39. The fourth-order valence-corrected chi connectivity index (χ4v) is 4.68. The Morgan fingerprint density at radius 1 is 0.600 bits per heavy atom. The van der Waals surface area contributed by atoms with Crippen molar-refractivity contribution in [3.63, 3.8) is 0 Å². The molecule has 1 heterocycles. The molecule has 0 amide bonds. The first kappa shape index (κ1) is 24.8. The maximum absolute atomic E-state index is 2.50. The van der Waals surface area contributed by atoms with Gasteiger partial charge in [-0.15, -0.1) is 0 Å². The van der Waals surface area contributed by atoms with Crippen molar-refractivity contribution in [3.8, 4) is 0 Å². The summed E-state index contributed by atoms with van der Waals surface area (Å²) in [6.07, 6.45) is 27.8. The molecule has 0 N–H and O–H groups in total. The molecule has 2 rings (SSSR count). The van der Waals surface area contributed by atoms with Crippen LogP contribution in [0.3, 0.4) is 0 Å². The van der Waals surface area contributed by atoms with E-state index in [1.807, 2.05) is 0 Å². The molecule has 0 aliphatic carbocycles. The van der Waals surface area contributed by atoms with E-state index >= 15 is 0 Å². The molecule has 0 bridgehead atoms. The highest BCUT2D eigenvalue weighted by molar-refractivity contribution is 5.21. The summed E-state index contributed by atoms with van der Waals surface area (Å²) < 4.78 is 0. The van der Waals surface area contributed by atoms with Crippen LogP contribution in [0.15, 0.2) is 42.7 Å². The van der Waals surface area contributed by atoms with Gasteiger partial charge in [0.15, 0.2) is 0 Å². The normalized spacial score (nSPS) is 16.0. The van der Waals surface area contributed by atoms with Crippen LogP contribution in [0, 0.1) is 0 Å². The van der Waals surface area contributed by atoms with E-state index in [1.54, 1.807) is 0 Å². The molecule has 1 aromatic carbocycles. The zero-order chi connectivity index (χ0) is 21.3. The number of rotatable bonds is 18. The molecule has 0 spiro atoms. The first-order valence-electron chi connectivity index (χ1n) is 13.0. The lowest BCUT2D eigenvalue weighted by Gasteiger charge is -2.31. The average molecular weight is 413 g/mol. The summed E-state index contributed by atoms with van der Waals surface area (Å²) in [5.74, 6) is 0. The second-order valence-electron chi connectivity index (χ2n) is 9.29. The van der Waals surface area contributed by atoms with Crippen LogP contribution in [-0.2, 0) is 0 Å². The third kappa shape index (κ3) is 10.0. The predicted octanol–water partition coefficient (Wildman–Crippen LogP) is 8.67. The Kier molecular flexibility index (Phi) is 13.5. The lowest BCUT2D eigenvalue weighted by Crippen LogP contribution is -2.29. The van der Waals surface area contributed by atoms with Crippen LogP contribution < -0.4 is 0 Å².